The molecule has 22 heavy (non-hydrogen) atoms. The second kappa shape index (κ2) is 6.68. The van der Waals surface area contributed by atoms with E-state index in [1.165, 1.54) is 0 Å². The van der Waals surface area contributed by atoms with Gasteiger partial charge in [-0.25, -0.2) is 9.59 Å². The van der Waals surface area contributed by atoms with Crippen molar-refractivity contribution in [3.63, 3.8) is 0 Å². The highest BCUT2D eigenvalue weighted by Crippen LogP contribution is 2.25. The lowest BCUT2D eigenvalue weighted by Gasteiger charge is -2.21. The second-order valence-electron chi connectivity index (χ2n) is 6.36. The minimum absolute atomic E-state index is 0.236. The lowest BCUT2D eigenvalue weighted by molar-refractivity contribution is 0.133. The summed E-state index contributed by atoms with van der Waals surface area (Å²) in [5.74, 6) is 0. The zero-order valence-electron chi connectivity index (χ0n) is 13.3. The predicted molar refractivity (Wildman–Crippen MR) is 83.5 cm³/mol. The Balaban J connectivity index is 1.77. The molecule has 3 amide bonds. The van der Waals surface area contributed by atoms with Gasteiger partial charge in [-0.3, -0.25) is 0 Å². The fourth-order valence-electron chi connectivity index (χ4n) is 2.22. The van der Waals surface area contributed by atoms with Crippen molar-refractivity contribution in [2.45, 2.75) is 32.4 Å². The minimum Gasteiger partial charge on any atom is -0.439 e. The molecule has 0 spiro atoms. The van der Waals surface area contributed by atoms with Gasteiger partial charge in [-0.05, 0) is 26.3 Å². The molecule has 120 valence electrons. The second-order valence-corrected chi connectivity index (χ2v) is 6.36. The van der Waals surface area contributed by atoms with E-state index in [1.54, 1.807) is 4.90 Å². The molecule has 6 heteroatoms. The van der Waals surface area contributed by atoms with E-state index in [-0.39, 0.29) is 23.8 Å². The lowest BCUT2D eigenvalue weighted by atomic mass is 10.1. The Morgan fingerprint density at radius 1 is 1.32 bits per heavy atom. The standard InChI is InChI=1S/C16H23N3O3/c1-16(2,3)18-14(20)17-9-10-19-11-13(22-15(19)21)12-7-5-4-6-8-12/h4-8,13H,9-11H2,1-3H3,(H2,17,18,20). The summed E-state index contributed by atoms with van der Waals surface area (Å²) in [6, 6.07) is 9.41. The number of hydrogen-bond donors (Lipinski definition) is 2. The summed E-state index contributed by atoms with van der Waals surface area (Å²) in [5.41, 5.74) is 0.700. The maximum absolute atomic E-state index is 11.8. The molecule has 0 aromatic heterocycles. The van der Waals surface area contributed by atoms with E-state index in [1.807, 2.05) is 51.1 Å². The summed E-state index contributed by atoms with van der Waals surface area (Å²) in [6.45, 7) is 7.06. The fraction of sp³-hybridized carbons (Fsp3) is 0.500. The van der Waals surface area contributed by atoms with Crippen LogP contribution in [0.5, 0.6) is 0 Å². The van der Waals surface area contributed by atoms with Gasteiger partial charge in [0.2, 0.25) is 0 Å². The van der Waals surface area contributed by atoms with Crippen LogP contribution in [0.3, 0.4) is 0 Å². The topological polar surface area (TPSA) is 70.7 Å². The number of rotatable bonds is 4. The summed E-state index contributed by atoms with van der Waals surface area (Å²) in [7, 11) is 0. The molecule has 2 rings (SSSR count). The number of carbonyl (C=O) groups is 2. The number of nitrogens with zero attached hydrogens (tertiary/aromatic N) is 1. The lowest BCUT2D eigenvalue weighted by Crippen LogP contribution is -2.48. The molecule has 1 heterocycles. The average Bonchev–Trinajstić information content (AvgIpc) is 2.79. The molecule has 1 aromatic rings. The van der Waals surface area contributed by atoms with Crippen molar-refractivity contribution in [2.75, 3.05) is 19.6 Å². The van der Waals surface area contributed by atoms with Crippen LogP contribution < -0.4 is 10.6 Å². The normalized spacial score (nSPS) is 18.0. The number of ether oxygens (including phenoxy) is 1. The molecule has 1 unspecified atom stereocenters. The molecule has 1 atom stereocenters. The Hall–Kier alpha value is -2.24. The highest BCUT2D eigenvalue weighted by molar-refractivity contribution is 5.74. The number of urea groups is 1. The Labute approximate surface area is 130 Å². The molecule has 1 fully saturated rings. The fourth-order valence-corrected chi connectivity index (χ4v) is 2.22. The van der Waals surface area contributed by atoms with Crippen molar-refractivity contribution < 1.29 is 14.3 Å². The molecule has 0 aliphatic carbocycles. The Morgan fingerprint density at radius 2 is 2.00 bits per heavy atom. The number of amides is 3. The van der Waals surface area contributed by atoms with E-state index in [0.29, 0.717) is 19.6 Å². The first kappa shape index (κ1) is 16.1. The van der Waals surface area contributed by atoms with Crippen LogP contribution in [-0.4, -0.2) is 42.2 Å². The van der Waals surface area contributed by atoms with Crippen LogP contribution in [0.4, 0.5) is 9.59 Å². The average molecular weight is 305 g/mol. The van der Waals surface area contributed by atoms with Crippen LogP contribution in [-0.2, 0) is 4.74 Å². The smallest absolute Gasteiger partial charge is 0.410 e. The molecule has 0 saturated carbocycles. The molecular formula is C16H23N3O3. The van der Waals surface area contributed by atoms with Crippen molar-refractivity contribution in [2.24, 2.45) is 0 Å². The summed E-state index contributed by atoms with van der Waals surface area (Å²) in [5, 5.41) is 5.55. The van der Waals surface area contributed by atoms with E-state index >= 15 is 0 Å². The minimum atomic E-state index is -0.341. The van der Waals surface area contributed by atoms with Gasteiger partial charge in [0.15, 0.2) is 0 Å². The molecule has 6 nitrogen and oxygen atoms in total. The molecule has 1 saturated heterocycles. The number of nitrogens with one attached hydrogen (secondary N) is 2. The van der Waals surface area contributed by atoms with Crippen LogP contribution >= 0.6 is 0 Å². The van der Waals surface area contributed by atoms with Crippen molar-refractivity contribution in [1.82, 2.24) is 15.5 Å². The molecular weight excluding hydrogens is 282 g/mol. The monoisotopic (exact) mass is 305 g/mol. The Kier molecular flexibility index (Phi) is 4.90. The van der Waals surface area contributed by atoms with E-state index in [0.717, 1.165) is 5.56 Å². The quantitative estimate of drug-likeness (QED) is 0.896. The van der Waals surface area contributed by atoms with Gasteiger partial charge in [0.1, 0.15) is 6.10 Å². The Morgan fingerprint density at radius 3 is 2.64 bits per heavy atom. The molecule has 0 bridgehead atoms. The van der Waals surface area contributed by atoms with Crippen molar-refractivity contribution in [3.8, 4) is 0 Å². The van der Waals surface area contributed by atoms with E-state index < -0.39 is 0 Å². The van der Waals surface area contributed by atoms with Gasteiger partial charge in [0.25, 0.3) is 0 Å². The highest BCUT2D eigenvalue weighted by Gasteiger charge is 2.31. The molecule has 1 aromatic carbocycles. The number of carbonyl (C=O) groups excluding carboxylic acids is 2. The van der Waals surface area contributed by atoms with Gasteiger partial charge in [-0.2, -0.15) is 0 Å². The zero-order valence-corrected chi connectivity index (χ0v) is 13.3. The number of cyclic esters (lactones) is 1. The molecule has 1 aliphatic heterocycles. The van der Waals surface area contributed by atoms with Crippen LogP contribution in [0, 0.1) is 0 Å². The van der Waals surface area contributed by atoms with Gasteiger partial charge >= 0.3 is 12.1 Å². The van der Waals surface area contributed by atoms with E-state index in [2.05, 4.69) is 10.6 Å². The number of hydrogen-bond acceptors (Lipinski definition) is 3. The van der Waals surface area contributed by atoms with Gasteiger partial charge < -0.3 is 20.3 Å². The summed E-state index contributed by atoms with van der Waals surface area (Å²) in [4.78, 5) is 25.1. The third kappa shape index (κ3) is 4.65. The van der Waals surface area contributed by atoms with Crippen LogP contribution in [0.2, 0.25) is 0 Å². The largest absolute Gasteiger partial charge is 0.439 e. The first-order valence-corrected chi connectivity index (χ1v) is 7.42. The molecule has 2 N–H and O–H groups in total. The first-order valence-electron chi connectivity index (χ1n) is 7.42. The van der Waals surface area contributed by atoms with Gasteiger partial charge in [0, 0.05) is 18.6 Å². The molecule has 0 radical (unpaired) electrons. The van der Waals surface area contributed by atoms with Gasteiger partial charge in [-0.15, -0.1) is 0 Å². The third-order valence-corrected chi connectivity index (χ3v) is 3.21. The van der Waals surface area contributed by atoms with Gasteiger partial charge in [0.05, 0.1) is 6.54 Å². The van der Waals surface area contributed by atoms with Crippen LogP contribution in [0.1, 0.15) is 32.4 Å². The van der Waals surface area contributed by atoms with Crippen LogP contribution in [0.25, 0.3) is 0 Å². The van der Waals surface area contributed by atoms with E-state index in [9.17, 15) is 9.59 Å². The third-order valence-electron chi connectivity index (χ3n) is 3.21. The summed E-state index contributed by atoms with van der Waals surface area (Å²) in [6.07, 6.45) is -0.580. The van der Waals surface area contributed by atoms with Crippen LogP contribution in [0.15, 0.2) is 30.3 Å². The predicted octanol–water partition coefficient (Wildman–Crippen LogP) is 2.28. The van der Waals surface area contributed by atoms with Crippen molar-refractivity contribution in [3.05, 3.63) is 35.9 Å². The van der Waals surface area contributed by atoms with E-state index in [4.69, 9.17) is 4.74 Å². The highest BCUT2D eigenvalue weighted by atomic mass is 16.6. The Bertz CT molecular complexity index is 525. The number of benzene rings is 1. The van der Waals surface area contributed by atoms with Crippen molar-refractivity contribution in [1.29, 1.82) is 0 Å². The SMILES string of the molecule is CC(C)(C)NC(=O)NCCN1CC(c2ccccc2)OC1=O. The van der Waals surface area contributed by atoms with Crippen molar-refractivity contribution >= 4 is 12.1 Å². The maximum atomic E-state index is 11.8. The maximum Gasteiger partial charge on any atom is 0.410 e. The summed E-state index contributed by atoms with van der Waals surface area (Å²) >= 11 is 0. The first-order chi connectivity index (χ1) is 10.3. The molecule has 1 aliphatic rings. The summed E-state index contributed by atoms with van der Waals surface area (Å²) < 4.78 is 5.36. The van der Waals surface area contributed by atoms with Gasteiger partial charge in [-0.1, -0.05) is 30.3 Å². The zero-order chi connectivity index (χ0) is 16.2.